The molecular weight excluding hydrogens is 310 g/mol. The summed E-state index contributed by atoms with van der Waals surface area (Å²) >= 11 is 0. The zero-order valence-corrected chi connectivity index (χ0v) is 14.5. The van der Waals surface area contributed by atoms with Crippen LogP contribution < -0.4 is 4.74 Å². The van der Waals surface area contributed by atoms with Gasteiger partial charge < -0.3 is 9.30 Å². The van der Waals surface area contributed by atoms with Gasteiger partial charge in [-0.2, -0.15) is 0 Å². The first-order valence-corrected chi connectivity index (χ1v) is 8.30. The molecule has 25 heavy (non-hydrogen) atoms. The largest absolute Gasteiger partial charge is 0.497 e. The molecule has 0 aliphatic heterocycles. The van der Waals surface area contributed by atoms with Gasteiger partial charge in [0, 0.05) is 22.0 Å². The predicted molar refractivity (Wildman–Crippen MR) is 102 cm³/mol. The van der Waals surface area contributed by atoms with Crippen molar-refractivity contribution in [3.8, 4) is 11.4 Å². The van der Waals surface area contributed by atoms with Gasteiger partial charge in [-0.05, 0) is 43.5 Å². The van der Waals surface area contributed by atoms with E-state index in [4.69, 9.17) is 4.74 Å². The lowest BCUT2D eigenvalue weighted by Crippen LogP contribution is -2.00. The number of ether oxygens (including phenoxy) is 1. The molecule has 0 atom stereocenters. The maximum Gasteiger partial charge on any atom is 0.162 e. The quantitative estimate of drug-likeness (QED) is 0.477. The second-order valence-corrected chi connectivity index (χ2v) is 6.23. The number of aromatic nitrogens is 1. The molecule has 0 radical (unpaired) electrons. The second kappa shape index (κ2) is 5.78. The molecule has 3 aromatic carbocycles. The number of carbonyl (C=O) groups excluding carboxylic acids is 1. The van der Waals surface area contributed by atoms with Crippen LogP contribution in [0.4, 0.5) is 0 Å². The molecule has 0 spiro atoms. The van der Waals surface area contributed by atoms with Crippen LogP contribution >= 0.6 is 0 Å². The molecule has 4 aromatic rings. The summed E-state index contributed by atoms with van der Waals surface area (Å²) in [6.07, 6.45) is 0. The van der Waals surface area contributed by atoms with Gasteiger partial charge in [0.2, 0.25) is 0 Å². The zero-order valence-electron chi connectivity index (χ0n) is 14.5. The van der Waals surface area contributed by atoms with Gasteiger partial charge in [0.25, 0.3) is 0 Å². The lowest BCUT2D eigenvalue weighted by atomic mass is 10.1. The molecule has 3 heteroatoms. The minimum absolute atomic E-state index is 0.0646. The van der Waals surface area contributed by atoms with Crippen molar-refractivity contribution in [2.75, 3.05) is 7.11 Å². The summed E-state index contributed by atoms with van der Waals surface area (Å²) in [6, 6.07) is 20.5. The highest BCUT2D eigenvalue weighted by Gasteiger charge is 2.19. The molecule has 0 bridgehead atoms. The van der Waals surface area contributed by atoms with E-state index in [2.05, 4.69) is 34.9 Å². The summed E-state index contributed by atoms with van der Waals surface area (Å²) in [5, 5.41) is 3.27. The fourth-order valence-corrected chi connectivity index (χ4v) is 3.68. The Morgan fingerprint density at radius 2 is 1.72 bits per heavy atom. The monoisotopic (exact) mass is 329 g/mol. The van der Waals surface area contributed by atoms with Crippen molar-refractivity contribution >= 4 is 27.5 Å². The Morgan fingerprint density at radius 1 is 0.960 bits per heavy atom. The third kappa shape index (κ3) is 2.31. The molecule has 0 aliphatic carbocycles. The third-order valence-corrected chi connectivity index (χ3v) is 4.77. The topological polar surface area (TPSA) is 31.2 Å². The van der Waals surface area contributed by atoms with Crippen LogP contribution in [0.1, 0.15) is 23.0 Å². The maximum absolute atomic E-state index is 12.3. The minimum atomic E-state index is 0.0646. The summed E-state index contributed by atoms with van der Waals surface area (Å²) in [5.74, 6) is 0.819. The average Bonchev–Trinajstić information content (AvgIpc) is 2.92. The van der Waals surface area contributed by atoms with E-state index in [-0.39, 0.29) is 5.78 Å². The van der Waals surface area contributed by atoms with Crippen molar-refractivity contribution in [1.82, 2.24) is 4.57 Å². The van der Waals surface area contributed by atoms with E-state index in [0.29, 0.717) is 0 Å². The summed E-state index contributed by atoms with van der Waals surface area (Å²) in [4.78, 5) is 12.3. The van der Waals surface area contributed by atoms with Gasteiger partial charge in [-0.25, -0.2) is 0 Å². The fraction of sp³-hybridized carbons (Fsp3) is 0.136. The molecule has 0 unspecified atom stereocenters. The Labute approximate surface area is 146 Å². The van der Waals surface area contributed by atoms with Crippen LogP contribution in [-0.2, 0) is 0 Å². The molecule has 124 valence electrons. The van der Waals surface area contributed by atoms with E-state index in [1.54, 1.807) is 14.0 Å². The van der Waals surface area contributed by atoms with Gasteiger partial charge in [-0.15, -0.1) is 0 Å². The van der Waals surface area contributed by atoms with E-state index < -0.39 is 0 Å². The van der Waals surface area contributed by atoms with Crippen LogP contribution in [0, 0.1) is 6.92 Å². The van der Waals surface area contributed by atoms with E-state index in [1.165, 1.54) is 5.39 Å². The van der Waals surface area contributed by atoms with Crippen molar-refractivity contribution in [3.63, 3.8) is 0 Å². The van der Waals surface area contributed by atoms with Crippen LogP contribution in [0.15, 0.2) is 60.7 Å². The number of hydrogen-bond acceptors (Lipinski definition) is 2. The number of fused-ring (bicyclic) bond motifs is 2. The first-order valence-electron chi connectivity index (χ1n) is 8.30. The first kappa shape index (κ1) is 15.5. The Bertz CT molecular complexity index is 1120. The first-order chi connectivity index (χ1) is 12.1. The number of benzene rings is 3. The Kier molecular flexibility index (Phi) is 3.57. The van der Waals surface area contributed by atoms with Crippen molar-refractivity contribution in [2.24, 2.45) is 0 Å². The summed E-state index contributed by atoms with van der Waals surface area (Å²) in [5.41, 5.74) is 3.80. The molecule has 0 N–H and O–H groups in total. The molecule has 3 nitrogen and oxygen atoms in total. The SMILES string of the molecule is COc1ccc2c(c1)c(C(C)=O)c(C)n2-c1cccc2ccccc12. The summed E-state index contributed by atoms with van der Waals surface area (Å²) < 4.78 is 7.54. The highest BCUT2D eigenvalue weighted by Crippen LogP contribution is 2.34. The molecule has 1 heterocycles. The molecule has 1 aromatic heterocycles. The lowest BCUT2D eigenvalue weighted by molar-refractivity contribution is 0.101. The van der Waals surface area contributed by atoms with E-state index >= 15 is 0 Å². The van der Waals surface area contributed by atoms with E-state index in [1.807, 2.05) is 37.3 Å². The zero-order chi connectivity index (χ0) is 17.6. The molecule has 0 amide bonds. The van der Waals surface area contributed by atoms with Crippen LogP contribution in [0.5, 0.6) is 5.75 Å². The van der Waals surface area contributed by atoms with Crippen molar-refractivity contribution in [1.29, 1.82) is 0 Å². The molecule has 0 saturated carbocycles. The Morgan fingerprint density at radius 3 is 2.48 bits per heavy atom. The minimum Gasteiger partial charge on any atom is -0.497 e. The van der Waals surface area contributed by atoms with Crippen LogP contribution in [-0.4, -0.2) is 17.5 Å². The van der Waals surface area contributed by atoms with Gasteiger partial charge in [0.1, 0.15) is 5.75 Å². The molecule has 4 rings (SSSR count). The Balaban J connectivity index is 2.15. The average molecular weight is 329 g/mol. The van der Waals surface area contributed by atoms with Crippen LogP contribution in [0.3, 0.4) is 0 Å². The van der Waals surface area contributed by atoms with Crippen LogP contribution in [0.25, 0.3) is 27.4 Å². The molecule has 0 saturated heterocycles. The lowest BCUT2D eigenvalue weighted by Gasteiger charge is -2.12. The standard InChI is InChI=1S/C22H19NO2/c1-14-22(15(2)24)19-13-17(25-3)11-12-21(19)23(14)20-10-6-8-16-7-4-5-9-18(16)20/h4-13H,1-3H3. The third-order valence-electron chi connectivity index (χ3n) is 4.77. The number of nitrogens with zero attached hydrogens (tertiary/aromatic N) is 1. The van der Waals surface area contributed by atoms with E-state index in [0.717, 1.165) is 39.0 Å². The van der Waals surface area contributed by atoms with E-state index in [9.17, 15) is 4.79 Å². The van der Waals surface area contributed by atoms with Crippen molar-refractivity contribution in [2.45, 2.75) is 13.8 Å². The summed E-state index contributed by atoms with van der Waals surface area (Å²) in [6.45, 7) is 3.62. The molecule has 0 aliphatic rings. The number of rotatable bonds is 3. The summed E-state index contributed by atoms with van der Waals surface area (Å²) in [7, 11) is 1.64. The number of carbonyl (C=O) groups is 1. The predicted octanol–water partition coefficient (Wildman–Crippen LogP) is 5.30. The van der Waals surface area contributed by atoms with Gasteiger partial charge in [-0.3, -0.25) is 4.79 Å². The van der Waals surface area contributed by atoms with Gasteiger partial charge in [-0.1, -0.05) is 36.4 Å². The number of ketones is 1. The Hall–Kier alpha value is -3.07. The van der Waals surface area contributed by atoms with Crippen molar-refractivity contribution < 1.29 is 9.53 Å². The highest BCUT2D eigenvalue weighted by atomic mass is 16.5. The van der Waals surface area contributed by atoms with Gasteiger partial charge in [0.15, 0.2) is 5.78 Å². The van der Waals surface area contributed by atoms with Crippen LogP contribution in [0.2, 0.25) is 0 Å². The number of Topliss-reactive ketones (excluding diaryl/α,β-unsaturated/α-hetero) is 1. The van der Waals surface area contributed by atoms with Gasteiger partial charge in [0.05, 0.1) is 18.3 Å². The maximum atomic E-state index is 12.3. The number of methoxy groups -OCH3 is 1. The fourth-order valence-electron chi connectivity index (χ4n) is 3.68. The molecule has 0 fully saturated rings. The molecular formula is C22H19NO2. The normalized spacial score (nSPS) is 11.2. The second-order valence-electron chi connectivity index (χ2n) is 6.23. The number of hydrogen-bond donors (Lipinski definition) is 0. The highest BCUT2D eigenvalue weighted by molar-refractivity contribution is 6.10. The van der Waals surface area contributed by atoms with Crippen molar-refractivity contribution in [3.05, 3.63) is 71.9 Å². The smallest absolute Gasteiger partial charge is 0.162 e. The van der Waals surface area contributed by atoms with Gasteiger partial charge >= 0.3 is 0 Å².